The smallest absolute Gasteiger partial charge is 0.205 e. The first kappa shape index (κ1) is 14.2. The summed E-state index contributed by atoms with van der Waals surface area (Å²) in [6.07, 6.45) is 0. The van der Waals surface area contributed by atoms with Crippen molar-refractivity contribution in [2.24, 2.45) is 0 Å². The molecule has 1 aromatic heterocycles. The molecule has 1 heterocycles. The van der Waals surface area contributed by atoms with Crippen LogP contribution in [0.5, 0.6) is 5.75 Å². The highest BCUT2D eigenvalue weighted by molar-refractivity contribution is 9.10. The summed E-state index contributed by atoms with van der Waals surface area (Å²) in [6, 6.07) is 8.25. The molecule has 3 rings (SSSR count). The summed E-state index contributed by atoms with van der Waals surface area (Å²) < 4.78 is 21.2. The van der Waals surface area contributed by atoms with E-state index in [1.165, 1.54) is 13.2 Å². The molecule has 0 radical (unpaired) electrons. The standard InChI is InChI=1S/C14H10BrClFN3O/c1-21-13-6-12-11(5-10(13)17)19-14(18)20(12)7-2-3-8(15)9(16)4-7/h2-6H,1H3,(H2,18,19). The first-order chi connectivity index (χ1) is 10.0. The van der Waals surface area contributed by atoms with Crippen LogP contribution >= 0.6 is 27.5 Å². The van der Waals surface area contributed by atoms with Gasteiger partial charge in [-0.15, -0.1) is 0 Å². The highest BCUT2D eigenvalue weighted by atomic mass is 79.9. The summed E-state index contributed by atoms with van der Waals surface area (Å²) in [5.41, 5.74) is 7.77. The molecule has 3 aromatic rings. The molecular formula is C14H10BrClFN3O. The second-order valence-corrected chi connectivity index (χ2v) is 5.64. The lowest BCUT2D eigenvalue weighted by molar-refractivity contribution is 0.387. The molecule has 0 saturated carbocycles. The van der Waals surface area contributed by atoms with Crippen LogP contribution in [-0.2, 0) is 0 Å². The Morgan fingerprint density at radius 2 is 2.10 bits per heavy atom. The van der Waals surface area contributed by atoms with Crippen LogP contribution in [0.3, 0.4) is 0 Å². The number of ether oxygens (including phenoxy) is 1. The fourth-order valence-electron chi connectivity index (χ4n) is 2.15. The number of hydrogen-bond donors (Lipinski definition) is 1. The lowest BCUT2D eigenvalue weighted by Gasteiger charge is -2.09. The van der Waals surface area contributed by atoms with Crippen LogP contribution < -0.4 is 10.5 Å². The van der Waals surface area contributed by atoms with Crippen molar-refractivity contribution in [2.75, 3.05) is 12.8 Å². The van der Waals surface area contributed by atoms with Crippen LogP contribution in [0, 0.1) is 5.82 Å². The van der Waals surface area contributed by atoms with Gasteiger partial charge in [0.2, 0.25) is 5.95 Å². The van der Waals surface area contributed by atoms with Gasteiger partial charge in [0.1, 0.15) is 0 Å². The number of methoxy groups -OCH3 is 1. The molecular weight excluding hydrogens is 361 g/mol. The minimum absolute atomic E-state index is 0.131. The van der Waals surface area contributed by atoms with E-state index in [9.17, 15) is 4.39 Å². The Hall–Kier alpha value is -1.79. The largest absolute Gasteiger partial charge is 0.494 e. The SMILES string of the molecule is COc1cc2c(cc1F)nc(N)n2-c1ccc(Br)c(Cl)c1. The molecule has 0 aliphatic rings. The zero-order valence-corrected chi connectivity index (χ0v) is 13.2. The predicted octanol–water partition coefficient (Wildman–Crippen LogP) is 4.17. The van der Waals surface area contributed by atoms with E-state index >= 15 is 0 Å². The number of imidazole rings is 1. The number of benzene rings is 2. The van der Waals surface area contributed by atoms with Gasteiger partial charge in [0.25, 0.3) is 0 Å². The number of nitrogens with two attached hydrogens (primary N) is 1. The molecule has 2 aromatic carbocycles. The zero-order valence-electron chi connectivity index (χ0n) is 10.9. The average molecular weight is 371 g/mol. The number of rotatable bonds is 2. The molecule has 0 bridgehead atoms. The van der Waals surface area contributed by atoms with Gasteiger partial charge in [-0.2, -0.15) is 0 Å². The summed E-state index contributed by atoms with van der Waals surface area (Å²) in [5.74, 6) is -0.105. The number of anilines is 1. The Labute approximate surface area is 133 Å². The van der Waals surface area contributed by atoms with Gasteiger partial charge in [-0.05, 0) is 34.1 Å². The van der Waals surface area contributed by atoms with Crippen molar-refractivity contribution in [1.29, 1.82) is 0 Å². The molecule has 0 spiro atoms. The van der Waals surface area contributed by atoms with Crippen molar-refractivity contribution < 1.29 is 9.13 Å². The third-order valence-corrected chi connectivity index (χ3v) is 4.35. The minimum Gasteiger partial charge on any atom is -0.494 e. The molecule has 7 heteroatoms. The van der Waals surface area contributed by atoms with E-state index in [0.29, 0.717) is 16.1 Å². The fraction of sp³-hybridized carbons (Fsp3) is 0.0714. The lowest BCUT2D eigenvalue weighted by Crippen LogP contribution is -2.00. The van der Waals surface area contributed by atoms with Crippen molar-refractivity contribution in [3.63, 3.8) is 0 Å². The summed E-state index contributed by atoms with van der Waals surface area (Å²) in [4.78, 5) is 4.17. The third kappa shape index (κ3) is 2.34. The Morgan fingerprint density at radius 1 is 1.33 bits per heavy atom. The second kappa shape index (κ2) is 5.20. The first-order valence-electron chi connectivity index (χ1n) is 5.98. The second-order valence-electron chi connectivity index (χ2n) is 4.38. The summed E-state index contributed by atoms with van der Waals surface area (Å²) in [7, 11) is 1.41. The van der Waals surface area contributed by atoms with Crippen molar-refractivity contribution in [3.05, 3.63) is 45.6 Å². The summed E-state index contributed by atoms with van der Waals surface area (Å²) in [6.45, 7) is 0. The van der Waals surface area contributed by atoms with Gasteiger partial charge in [-0.25, -0.2) is 9.37 Å². The monoisotopic (exact) mass is 369 g/mol. The normalized spacial score (nSPS) is 11.0. The van der Waals surface area contributed by atoms with Gasteiger partial charge in [-0.3, -0.25) is 4.57 Å². The van der Waals surface area contributed by atoms with Crippen molar-refractivity contribution in [1.82, 2.24) is 9.55 Å². The molecule has 0 fully saturated rings. The van der Waals surface area contributed by atoms with E-state index in [1.807, 2.05) is 12.1 Å². The van der Waals surface area contributed by atoms with Gasteiger partial charge in [-0.1, -0.05) is 11.6 Å². The predicted molar refractivity (Wildman–Crippen MR) is 84.7 cm³/mol. The molecule has 0 aliphatic heterocycles. The highest BCUT2D eigenvalue weighted by Crippen LogP contribution is 2.31. The van der Waals surface area contributed by atoms with Crippen LogP contribution in [0.15, 0.2) is 34.8 Å². The first-order valence-corrected chi connectivity index (χ1v) is 7.15. The van der Waals surface area contributed by atoms with Crippen LogP contribution in [0.25, 0.3) is 16.7 Å². The Balaban J connectivity index is 2.30. The maximum Gasteiger partial charge on any atom is 0.205 e. The maximum atomic E-state index is 13.7. The number of halogens is 3. The van der Waals surface area contributed by atoms with Crippen molar-refractivity contribution in [2.45, 2.75) is 0 Å². The fourth-order valence-corrected chi connectivity index (χ4v) is 2.57. The molecule has 0 amide bonds. The van der Waals surface area contributed by atoms with E-state index < -0.39 is 5.82 Å². The Kier molecular flexibility index (Phi) is 3.51. The van der Waals surface area contributed by atoms with E-state index in [0.717, 1.165) is 10.2 Å². The maximum absolute atomic E-state index is 13.7. The molecule has 4 nitrogen and oxygen atoms in total. The molecule has 0 aliphatic carbocycles. The molecule has 108 valence electrons. The van der Waals surface area contributed by atoms with Gasteiger partial charge in [0.05, 0.1) is 28.9 Å². The number of aromatic nitrogens is 2. The van der Waals surface area contributed by atoms with Crippen molar-refractivity contribution >= 4 is 44.5 Å². The summed E-state index contributed by atoms with van der Waals surface area (Å²) >= 11 is 9.45. The highest BCUT2D eigenvalue weighted by Gasteiger charge is 2.15. The molecule has 0 unspecified atom stereocenters. The third-order valence-electron chi connectivity index (χ3n) is 3.12. The minimum atomic E-state index is -0.483. The van der Waals surface area contributed by atoms with Gasteiger partial charge in [0.15, 0.2) is 11.6 Å². The number of hydrogen-bond acceptors (Lipinski definition) is 3. The molecule has 2 N–H and O–H groups in total. The van der Waals surface area contributed by atoms with Gasteiger partial charge >= 0.3 is 0 Å². The van der Waals surface area contributed by atoms with Crippen LogP contribution in [0.2, 0.25) is 5.02 Å². The Bertz CT molecular complexity index is 850. The zero-order chi connectivity index (χ0) is 15.1. The van der Waals surface area contributed by atoms with Crippen molar-refractivity contribution in [3.8, 4) is 11.4 Å². The van der Waals surface area contributed by atoms with Crippen LogP contribution in [0.4, 0.5) is 10.3 Å². The lowest BCUT2D eigenvalue weighted by atomic mass is 10.2. The topological polar surface area (TPSA) is 53.1 Å². The summed E-state index contributed by atoms with van der Waals surface area (Å²) in [5, 5.41) is 0.544. The quantitative estimate of drug-likeness (QED) is 0.736. The number of fused-ring (bicyclic) bond motifs is 1. The van der Waals surface area contributed by atoms with Gasteiger partial charge in [0, 0.05) is 16.6 Å². The van der Waals surface area contributed by atoms with Crippen LogP contribution in [0.1, 0.15) is 0 Å². The number of nitrogen functional groups attached to an aromatic ring is 1. The van der Waals surface area contributed by atoms with Crippen LogP contribution in [-0.4, -0.2) is 16.7 Å². The molecule has 0 saturated heterocycles. The van der Waals surface area contributed by atoms with Gasteiger partial charge < -0.3 is 10.5 Å². The number of nitrogens with zero attached hydrogens (tertiary/aromatic N) is 2. The van der Waals surface area contributed by atoms with E-state index in [-0.39, 0.29) is 11.7 Å². The van der Waals surface area contributed by atoms with E-state index in [4.69, 9.17) is 22.1 Å². The van der Waals surface area contributed by atoms with E-state index in [2.05, 4.69) is 20.9 Å². The average Bonchev–Trinajstić information content (AvgIpc) is 2.76. The Morgan fingerprint density at radius 3 is 2.76 bits per heavy atom. The molecule has 0 atom stereocenters. The van der Waals surface area contributed by atoms with E-state index in [1.54, 1.807) is 16.7 Å². The molecule has 21 heavy (non-hydrogen) atoms.